The van der Waals surface area contributed by atoms with Crippen molar-refractivity contribution in [2.75, 3.05) is 6.61 Å². The number of carbonyl (C=O) groups is 1. The standard InChI is InChI=1S/C27H36O3/c1-9-30-24-17-23-21(22(26(4,5)6)13-14-27(23,7)8)16-20(24)19(3)12-10-11-18(2)15-25(28)29/h10-13,15-17H,9,14H2,1-8H3,(H,28,29). The molecule has 0 spiro atoms. The molecule has 0 amide bonds. The van der Waals surface area contributed by atoms with Gasteiger partial charge in [-0.2, -0.15) is 0 Å². The third-order valence-electron chi connectivity index (χ3n) is 5.54. The Labute approximate surface area is 181 Å². The molecule has 2 rings (SSSR count). The maximum Gasteiger partial charge on any atom is 0.328 e. The molecule has 0 unspecified atom stereocenters. The highest BCUT2D eigenvalue weighted by Crippen LogP contribution is 2.48. The largest absolute Gasteiger partial charge is 0.493 e. The number of fused-ring (bicyclic) bond motifs is 1. The molecule has 0 aliphatic heterocycles. The van der Waals surface area contributed by atoms with Crippen molar-refractivity contribution in [3.8, 4) is 5.75 Å². The van der Waals surface area contributed by atoms with Crippen LogP contribution in [0, 0.1) is 5.41 Å². The Morgan fingerprint density at radius 1 is 1.23 bits per heavy atom. The number of allylic oxidation sites excluding steroid dienone is 7. The van der Waals surface area contributed by atoms with Gasteiger partial charge in [0.25, 0.3) is 0 Å². The van der Waals surface area contributed by atoms with Gasteiger partial charge in [0.1, 0.15) is 5.75 Å². The summed E-state index contributed by atoms with van der Waals surface area (Å²) < 4.78 is 6.04. The second kappa shape index (κ2) is 9.07. The van der Waals surface area contributed by atoms with Crippen LogP contribution in [-0.4, -0.2) is 17.7 Å². The van der Waals surface area contributed by atoms with Gasteiger partial charge in [-0.25, -0.2) is 4.79 Å². The molecule has 162 valence electrons. The van der Waals surface area contributed by atoms with Gasteiger partial charge in [0.15, 0.2) is 0 Å². The first-order valence-corrected chi connectivity index (χ1v) is 10.7. The first kappa shape index (κ1) is 23.7. The summed E-state index contributed by atoms with van der Waals surface area (Å²) in [6.07, 6.45) is 10.3. The molecule has 1 aliphatic carbocycles. The number of hydrogen-bond donors (Lipinski definition) is 1. The fourth-order valence-corrected chi connectivity index (χ4v) is 3.91. The molecular formula is C27H36O3. The lowest BCUT2D eigenvalue weighted by molar-refractivity contribution is -0.131. The Morgan fingerprint density at radius 2 is 1.90 bits per heavy atom. The van der Waals surface area contributed by atoms with Gasteiger partial charge in [0.05, 0.1) is 6.61 Å². The van der Waals surface area contributed by atoms with Crippen molar-refractivity contribution in [3.05, 3.63) is 64.8 Å². The molecule has 0 atom stereocenters. The number of aliphatic carboxylic acids is 1. The molecule has 1 aromatic rings. The topological polar surface area (TPSA) is 46.5 Å². The van der Waals surface area contributed by atoms with E-state index in [2.05, 4.69) is 59.8 Å². The smallest absolute Gasteiger partial charge is 0.328 e. The number of carboxylic acids is 1. The molecule has 3 heteroatoms. The Balaban J connectivity index is 2.60. The van der Waals surface area contributed by atoms with Gasteiger partial charge in [-0.05, 0) is 78.0 Å². The molecule has 30 heavy (non-hydrogen) atoms. The second-order valence-corrected chi connectivity index (χ2v) is 9.72. The van der Waals surface area contributed by atoms with Crippen LogP contribution in [0.4, 0.5) is 0 Å². The van der Waals surface area contributed by atoms with E-state index in [1.54, 1.807) is 13.0 Å². The Morgan fingerprint density at radius 3 is 2.47 bits per heavy atom. The molecule has 1 N–H and O–H groups in total. The maximum absolute atomic E-state index is 10.8. The normalized spacial score (nSPS) is 17.0. The van der Waals surface area contributed by atoms with E-state index in [1.165, 1.54) is 22.8 Å². The average Bonchev–Trinajstić information content (AvgIpc) is 2.60. The van der Waals surface area contributed by atoms with Crippen molar-refractivity contribution in [3.63, 3.8) is 0 Å². The van der Waals surface area contributed by atoms with Gasteiger partial charge in [0.2, 0.25) is 0 Å². The van der Waals surface area contributed by atoms with Crippen LogP contribution in [0.2, 0.25) is 0 Å². The minimum absolute atomic E-state index is 0.0602. The monoisotopic (exact) mass is 408 g/mol. The molecular weight excluding hydrogens is 372 g/mol. The van der Waals surface area contributed by atoms with Crippen LogP contribution in [0.1, 0.15) is 78.5 Å². The first-order valence-electron chi connectivity index (χ1n) is 10.7. The molecule has 3 nitrogen and oxygen atoms in total. The highest BCUT2D eigenvalue weighted by molar-refractivity contribution is 5.82. The van der Waals surface area contributed by atoms with Gasteiger partial charge >= 0.3 is 5.97 Å². The fraction of sp³-hybridized carbons (Fsp3) is 0.444. The van der Waals surface area contributed by atoms with E-state index in [0.717, 1.165) is 23.3 Å². The lowest BCUT2D eigenvalue weighted by Gasteiger charge is -2.37. The molecule has 0 fully saturated rings. The van der Waals surface area contributed by atoms with E-state index < -0.39 is 5.97 Å². The summed E-state index contributed by atoms with van der Waals surface area (Å²) in [5.74, 6) is -0.0327. The van der Waals surface area contributed by atoms with Crippen LogP contribution in [0.3, 0.4) is 0 Å². The van der Waals surface area contributed by atoms with Crippen LogP contribution in [0.25, 0.3) is 11.1 Å². The average molecular weight is 409 g/mol. The van der Waals surface area contributed by atoms with Crippen molar-refractivity contribution in [1.82, 2.24) is 0 Å². The zero-order valence-electron chi connectivity index (χ0n) is 19.7. The lowest BCUT2D eigenvalue weighted by atomic mass is 9.67. The van der Waals surface area contributed by atoms with Gasteiger partial charge in [-0.15, -0.1) is 0 Å². The van der Waals surface area contributed by atoms with E-state index in [0.29, 0.717) is 12.2 Å². The number of ether oxygens (including phenoxy) is 1. The quantitative estimate of drug-likeness (QED) is 0.400. The predicted octanol–water partition coefficient (Wildman–Crippen LogP) is 7.19. The molecule has 0 heterocycles. The summed E-state index contributed by atoms with van der Waals surface area (Å²) in [4.78, 5) is 10.8. The minimum atomic E-state index is -0.935. The summed E-state index contributed by atoms with van der Waals surface area (Å²) >= 11 is 0. The van der Waals surface area contributed by atoms with Gasteiger partial charge < -0.3 is 9.84 Å². The van der Waals surface area contributed by atoms with Crippen molar-refractivity contribution in [1.29, 1.82) is 0 Å². The van der Waals surface area contributed by atoms with Crippen LogP contribution >= 0.6 is 0 Å². The zero-order chi connectivity index (χ0) is 22.7. The van der Waals surface area contributed by atoms with E-state index in [1.807, 2.05) is 19.1 Å². The van der Waals surface area contributed by atoms with E-state index in [-0.39, 0.29) is 10.8 Å². The van der Waals surface area contributed by atoms with Crippen LogP contribution < -0.4 is 4.74 Å². The summed E-state index contributed by atoms with van der Waals surface area (Å²) in [5, 5.41) is 8.86. The number of carboxylic acid groups (broad SMARTS) is 1. The summed E-state index contributed by atoms with van der Waals surface area (Å²) in [5.41, 5.74) is 7.00. The minimum Gasteiger partial charge on any atom is -0.493 e. The fourth-order valence-electron chi connectivity index (χ4n) is 3.91. The molecule has 0 aromatic heterocycles. The summed E-state index contributed by atoms with van der Waals surface area (Å²) in [6.45, 7) is 17.8. The number of rotatable bonds is 6. The molecule has 0 bridgehead atoms. The molecule has 1 aromatic carbocycles. The van der Waals surface area contributed by atoms with E-state index in [9.17, 15) is 4.79 Å². The lowest BCUT2D eigenvalue weighted by Crippen LogP contribution is -2.25. The van der Waals surface area contributed by atoms with E-state index >= 15 is 0 Å². The first-order chi connectivity index (χ1) is 13.9. The molecule has 0 saturated carbocycles. The van der Waals surface area contributed by atoms with Gasteiger partial charge in [0, 0.05) is 11.6 Å². The summed E-state index contributed by atoms with van der Waals surface area (Å²) in [7, 11) is 0. The maximum atomic E-state index is 10.8. The second-order valence-electron chi connectivity index (χ2n) is 9.72. The predicted molar refractivity (Wildman–Crippen MR) is 127 cm³/mol. The Hall–Kier alpha value is -2.55. The SMILES string of the molecule is CCOc1cc2c(cc1C(C)=CC=CC(C)=CC(=O)O)C(C(C)(C)C)=CCC2(C)C. The molecule has 0 saturated heterocycles. The third-order valence-corrected chi connectivity index (χ3v) is 5.54. The van der Waals surface area contributed by atoms with Crippen molar-refractivity contribution >= 4 is 17.1 Å². The van der Waals surface area contributed by atoms with Crippen LogP contribution in [-0.2, 0) is 10.2 Å². The summed E-state index contributed by atoms with van der Waals surface area (Å²) in [6, 6.07) is 4.50. The molecule has 0 radical (unpaired) electrons. The zero-order valence-corrected chi connectivity index (χ0v) is 19.7. The highest BCUT2D eigenvalue weighted by atomic mass is 16.5. The van der Waals surface area contributed by atoms with E-state index in [4.69, 9.17) is 9.84 Å². The van der Waals surface area contributed by atoms with Crippen LogP contribution in [0.15, 0.2) is 48.1 Å². The van der Waals surface area contributed by atoms with Gasteiger partial charge in [-0.1, -0.05) is 58.9 Å². The third kappa shape index (κ3) is 5.53. The number of hydrogen-bond acceptors (Lipinski definition) is 2. The highest BCUT2D eigenvalue weighted by Gasteiger charge is 2.33. The van der Waals surface area contributed by atoms with Crippen molar-refractivity contribution < 1.29 is 14.6 Å². The number of benzene rings is 1. The van der Waals surface area contributed by atoms with Crippen molar-refractivity contribution in [2.45, 2.75) is 67.2 Å². The Kier molecular flexibility index (Phi) is 7.18. The van der Waals surface area contributed by atoms with Crippen LogP contribution in [0.5, 0.6) is 5.75 Å². The van der Waals surface area contributed by atoms with Gasteiger partial charge in [-0.3, -0.25) is 0 Å². The van der Waals surface area contributed by atoms with Crippen molar-refractivity contribution in [2.24, 2.45) is 5.41 Å². The Bertz CT molecular complexity index is 932. The molecule has 1 aliphatic rings.